The van der Waals surface area contributed by atoms with Crippen LogP contribution >= 0.6 is 0 Å². The largest absolute Gasteiger partial charge is 0.497 e. The number of fused-ring (bicyclic) bond motifs is 1. The number of ether oxygens (including phenoxy) is 3. The first-order valence-corrected chi connectivity index (χ1v) is 12.5. The van der Waals surface area contributed by atoms with Gasteiger partial charge in [-0.3, -0.25) is 4.79 Å². The van der Waals surface area contributed by atoms with Crippen molar-refractivity contribution >= 4 is 5.91 Å². The van der Waals surface area contributed by atoms with E-state index in [-0.39, 0.29) is 40.3 Å². The van der Waals surface area contributed by atoms with Gasteiger partial charge in [-0.2, -0.15) is 0 Å². The van der Waals surface area contributed by atoms with Gasteiger partial charge in [0.15, 0.2) is 0 Å². The molecule has 5 heteroatoms. The van der Waals surface area contributed by atoms with Gasteiger partial charge < -0.3 is 19.1 Å². The van der Waals surface area contributed by atoms with Crippen molar-refractivity contribution in [3.05, 3.63) is 59.7 Å². The van der Waals surface area contributed by atoms with Crippen LogP contribution < -0.4 is 9.47 Å². The molecule has 4 aliphatic rings. The monoisotopic (exact) mass is 461 g/mol. The molecule has 180 valence electrons. The lowest BCUT2D eigenvalue weighted by Crippen LogP contribution is -2.55. The number of nitrogens with zero attached hydrogens (tertiary/aromatic N) is 1. The SMILES string of the molecule is COc1ccc(C2N(C(C)=O)[C@@H]3C(C)(C)[C@H]4C[C@@]35CCO[C@@H](c3ccc(OC)cc3)[C@@]25C4)cc1. The van der Waals surface area contributed by atoms with E-state index in [9.17, 15) is 4.79 Å². The van der Waals surface area contributed by atoms with Gasteiger partial charge in [0.25, 0.3) is 0 Å². The second-order valence-corrected chi connectivity index (χ2v) is 11.4. The first-order chi connectivity index (χ1) is 16.3. The van der Waals surface area contributed by atoms with E-state index in [2.05, 4.69) is 43.0 Å². The topological polar surface area (TPSA) is 48.0 Å². The molecule has 4 fully saturated rings. The van der Waals surface area contributed by atoms with Crippen molar-refractivity contribution in [3.63, 3.8) is 0 Å². The highest BCUT2D eigenvalue weighted by atomic mass is 16.5. The number of rotatable bonds is 4. The van der Waals surface area contributed by atoms with Gasteiger partial charge in [0, 0.05) is 30.4 Å². The Morgan fingerprint density at radius 2 is 1.53 bits per heavy atom. The van der Waals surface area contributed by atoms with Crippen LogP contribution in [0.5, 0.6) is 11.5 Å². The van der Waals surface area contributed by atoms with E-state index in [0.717, 1.165) is 30.9 Å². The zero-order valence-corrected chi connectivity index (χ0v) is 20.8. The molecule has 2 saturated carbocycles. The molecule has 5 nitrogen and oxygen atoms in total. The fourth-order valence-electron chi connectivity index (χ4n) is 8.82. The second-order valence-electron chi connectivity index (χ2n) is 11.4. The van der Waals surface area contributed by atoms with Crippen LogP contribution in [0.15, 0.2) is 48.5 Å². The minimum Gasteiger partial charge on any atom is -0.497 e. The molecule has 2 aliphatic carbocycles. The van der Waals surface area contributed by atoms with E-state index < -0.39 is 0 Å². The summed E-state index contributed by atoms with van der Waals surface area (Å²) in [5, 5.41) is 0. The Morgan fingerprint density at radius 3 is 2.09 bits per heavy atom. The lowest BCUT2D eigenvalue weighted by Gasteiger charge is -2.55. The highest BCUT2D eigenvalue weighted by Gasteiger charge is 2.83. The summed E-state index contributed by atoms with van der Waals surface area (Å²) >= 11 is 0. The molecule has 0 N–H and O–H groups in total. The molecule has 2 aromatic carbocycles. The molecule has 0 aromatic heterocycles. The van der Waals surface area contributed by atoms with Crippen LogP contribution in [0.2, 0.25) is 0 Å². The molecular formula is C29H35NO4. The van der Waals surface area contributed by atoms with Gasteiger partial charge in [0.2, 0.25) is 5.91 Å². The third-order valence-electron chi connectivity index (χ3n) is 9.96. The summed E-state index contributed by atoms with van der Waals surface area (Å²) in [6.45, 7) is 7.28. The molecule has 34 heavy (non-hydrogen) atoms. The minimum absolute atomic E-state index is 0.0277. The number of carbonyl (C=O) groups is 1. The van der Waals surface area contributed by atoms with Crippen molar-refractivity contribution < 1.29 is 19.0 Å². The number of amides is 1. The second kappa shape index (κ2) is 7.24. The van der Waals surface area contributed by atoms with E-state index in [4.69, 9.17) is 14.2 Å². The van der Waals surface area contributed by atoms with Crippen molar-refractivity contribution in [1.82, 2.24) is 4.90 Å². The molecule has 6 rings (SSSR count). The number of benzene rings is 2. The van der Waals surface area contributed by atoms with Crippen LogP contribution in [0.1, 0.15) is 63.3 Å². The summed E-state index contributed by atoms with van der Waals surface area (Å²) in [5.41, 5.74) is 2.35. The van der Waals surface area contributed by atoms with Crippen molar-refractivity contribution in [3.8, 4) is 11.5 Å². The van der Waals surface area contributed by atoms with E-state index in [1.807, 2.05) is 24.3 Å². The summed E-state index contributed by atoms with van der Waals surface area (Å²) < 4.78 is 17.6. The number of carbonyl (C=O) groups excluding carboxylic acids is 1. The standard InChI is InChI=1S/C29H35NO4/c1-18(31)30-24(19-6-10-22(32-4)11-7-19)29-17-21-16-28(29,26(30)27(21,2)3)14-15-34-25(29)20-8-12-23(33-5)13-9-20/h6-13,21,24-26H,14-17H2,1-5H3/t21-,24?,25-,26+,28-,29+/m0/s1. The lowest BCUT2D eigenvalue weighted by atomic mass is 9.51. The molecule has 2 aromatic rings. The van der Waals surface area contributed by atoms with Crippen LogP contribution in [0.4, 0.5) is 0 Å². The van der Waals surface area contributed by atoms with Gasteiger partial charge in [-0.25, -0.2) is 0 Å². The molecule has 1 amide bonds. The Labute approximate surface area is 202 Å². The van der Waals surface area contributed by atoms with E-state index in [0.29, 0.717) is 5.92 Å². The molecule has 2 saturated heterocycles. The molecule has 1 unspecified atom stereocenters. The van der Waals surface area contributed by atoms with E-state index in [1.165, 1.54) is 17.5 Å². The molecule has 6 atom stereocenters. The number of likely N-dealkylation sites (tertiary alicyclic amines) is 1. The van der Waals surface area contributed by atoms with Crippen molar-refractivity contribution in [2.45, 2.75) is 58.2 Å². The fraction of sp³-hybridized carbons (Fsp3) is 0.552. The van der Waals surface area contributed by atoms with E-state index >= 15 is 0 Å². The van der Waals surface area contributed by atoms with Crippen LogP contribution in [-0.4, -0.2) is 37.7 Å². The number of methoxy groups -OCH3 is 2. The Balaban J connectivity index is 1.59. The molecule has 2 aliphatic heterocycles. The van der Waals surface area contributed by atoms with Crippen LogP contribution in [0, 0.1) is 22.2 Å². The average molecular weight is 462 g/mol. The molecule has 2 heterocycles. The van der Waals surface area contributed by atoms with Crippen LogP contribution in [-0.2, 0) is 9.53 Å². The van der Waals surface area contributed by atoms with E-state index in [1.54, 1.807) is 21.1 Å². The normalized spacial score (nSPS) is 36.9. The fourth-order valence-corrected chi connectivity index (χ4v) is 8.82. The summed E-state index contributed by atoms with van der Waals surface area (Å²) in [4.78, 5) is 15.7. The Kier molecular flexibility index (Phi) is 4.68. The first kappa shape index (κ1) is 22.0. The number of hydrogen-bond donors (Lipinski definition) is 0. The maximum absolute atomic E-state index is 13.5. The van der Waals surface area contributed by atoms with Crippen molar-refractivity contribution in [2.24, 2.45) is 22.2 Å². The Hall–Kier alpha value is -2.53. The third-order valence-corrected chi connectivity index (χ3v) is 9.96. The zero-order valence-electron chi connectivity index (χ0n) is 20.8. The van der Waals surface area contributed by atoms with Crippen LogP contribution in [0.3, 0.4) is 0 Å². The summed E-state index contributed by atoms with van der Waals surface area (Å²) in [5.74, 6) is 2.43. The highest BCUT2D eigenvalue weighted by Crippen LogP contribution is 2.85. The average Bonchev–Trinajstić information content (AvgIpc) is 3.38. The smallest absolute Gasteiger partial charge is 0.220 e. The van der Waals surface area contributed by atoms with Crippen molar-refractivity contribution in [1.29, 1.82) is 0 Å². The minimum atomic E-state index is -0.162. The molecule has 1 spiro atoms. The predicted octanol–water partition coefficient (Wildman–Crippen LogP) is 5.56. The summed E-state index contributed by atoms with van der Waals surface area (Å²) in [7, 11) is 3.39. The zero-order chi connectivity index (χ0) is 23.9. The molecular weight excluding hydrogens is 426 g/mol. The van der Waals surface area contributed by atoms with Gasteiger partial charge in [-0.05, 0) is 66.0 Å². The third kappa shape index (κ3) is 2.51. The lowest BCUT2D eigenvalue weighted by molar-refractivity contribution is -0.164. The van der Waals surface area contributed by atoms with Gasteiger partial charge in [0.05, 0.1) is 26.4 Å². The molecule has 0 radical (unpaired) electrons. The van der Waals surface area contributed by atoms with Crippen LogP contribution in [0.25, 0.3) is 0 Å². The maximum Gasteiger partial charge on any atom is 0.220 e. The highest BCUT2D eigenvalue weighted by molar-refractivity contribution is 5.76. The van der Waals surface area contributed by atoms with Gasteiger partial charge in [-0.15, -0.1) is 0 Å². The van der Waals surface area contributed by atoms with Gasteiger partial charge >= 0.3 is 0 Å². The summed E-state index contributed by atoms with van der Waals surface area (Å²) in [6.07, 6.45) is 3.21. The van der Waals surface area contributed by atoms with Crippen molar-refractivity contribution in [2.75, 3.05) is 20.8 Å². The predicted molar refractivity (Wildman–Crippen MR) is 130 cm³/mol. The molecule has 2 bridgehead atoms. The number of hydrogen-bond acceptors (Lipinski definition) is 4. The van der Waals surface area contributed by atoms with Gasteiger partial charge in [-0.1, -0.05) is 38.1 Å². The quantitative estimate of drug-likeness (QED) is 0.598. The Bertz CT molecular complexity index is 1110. The van der Waals surface area contributed by atoms with Gasteiger partial charge in [0.1, 0.15) is 11.5 Å². The summed E-state index contributed by atoms with van der Waals surface area (Å²) in [6, 6.07) is 16.9. The maximum atomic E-state index is 13.5. The first-order valence-electron chi connectivity index (χ1n) is 12.5. The Morgan fingerprint density at radius 1 is 0.941 bits per heavy atom.